The molecule has 2 amide bonds. The van der Waals surface area contributed by atoms with E-state index in [0.29, 0.717) is 30.2 Å². The maximum atomic E-state index is 14.3. The largest absolute Gasteiger partial charge is 0.474 e. The molecule has 1 aromatic heterocycles. The molecule has 0 radical (unpaired) electrons. The number of benzene rings is 2. The summed E-state index contributed by atoms with van der Waals surface area (Å²) in [4.78, 5) is 39.0. The van der Waals surface area contributed by atoms with Crippen molar-refractivity contribution in [2.45, 2.75) is 64.3 Å². The molecule has 3 aliphatic heterocycles. The van der Waals surface area contributed by atoms with Crippen molar-refractivity contribution in [2.24, 2.45) is 0 Å². The van der Waals surface area contributed by atoms with E-state index in [1.165, 1.54) is 36.4 Å². The van der Waals surface area contributed by atoms with Crippen molar-refractivity contribution in [3.63, 3.8) is 0 Å². The van der Waals surface area contributed by atoms with E-state index in [1.807, 2.05) is 6.92 Å². The van der Waals surface area contributed by atoms with Crippen LogP contribution in [0, 0.1) is 11.6 Å². The van der Waals surface area contributed by atoms with Gasteiger partial charge in [0.2, 0.25) is 11.8 Å². The lowest BCUT2D eigenvalue weighted by atomic mass is 10.0. The second-order valence-electron chi connectivity index (χ2n) is 13.3. The Balaban J connectivity index is 1.29. The van der Waals surface area contributed by atoms with E-state index in [-0.39, 0.29) is 73.1 Å². The number of nitrogens with one attached hydrogen (secondary N) is 2. The summed E-state index contributed by atoms with van der Waals surface area (Å²) in [6.07, 6.45) is 0.260. The fourth-order valence-corrected chi connectivity index (χ4v) is 6.87. The van der Waals surface area contributed by atoms with Gasteiger partial charge in [0.05, 0.1) is 25.8 Å². The van der Waals surface area contributed by atoms with E-state index in [4.69, 9.17) is 9.47 Å². The van der Waals surface area contributed by atoms with Crippen LogP contribution < -0.4 is 20.3 Å². The van der Waals surface area contributed by atoms with Gasteiger partial charge in [0.15, 0.2) is 0 Å². The normalized spacial score (nSPS) is 24.9. The fourth-order valence-electron chi connectivity index (χ4n) is 6.87. The Morgan fingerprint density at radius 3 is 2.29 bits per heavy atom. The Morgan fingerprint density at radius 1 is 0.938 bits per heavy atom. The Hall–Kier alpha value is -3.97. The standard InChI is InChI=1S/C36H44F2N6O4/c1-22-16-42(31(15-39-22)17-43-23(2)19-47-20-24(43)3)18-33(45)44-25(4)21-48-36-32(44)14-27(13-26-5-7-28(37)8-6-26)34(41-36)35(46)40-30-11-9-29(38)10-12-30/h5-12,14,22-25,31,39H,13,15-21H2,1-4H3,(H,40,46)/t22-,23-,24-,25?,31-/m1/s1. The number of ether oxygens (including phenoxy) is 2. The summed E-state index contributed by atoms with van der Waals surface area (Å²) >= 11 is 0. The lowest BCUT2D eigenvalue weighted by molar-refractivity contribution is -0.122. The highest BCUT2D eigenvalue weighted by molar-refractivity contribution is 6.05. The molecule has 4 heterocycles. The smallest absolute Gasteiger partial charge is 0.274 e. The third-order valence-corrected chi connectivity index (χ3v) is 9.44. The maximum Gasteiger partial charge on any atom is 0.274 e. The summed E-state index contributed by atoms with van der Waals surface area (Å²) in [5.74, 6) is -1.18. The number of hydrogen-bond donors (Lipinski definition) is 2. The lowest BCUT2D eigenvalue weighted by Gasteiger charge is -2.46. The number of carbonyl (C=O) groups is 2. The van der Waals surface area contributed by atoms with Crippen LogP contribution in [0.25, 0.3) is 0 Å². The number of carbonyl (C=O) groups excluding carboxylic acids is 2. The predicted octanol–water partition coefficient (Wildman–Crippen LogP) is 4.09. The highest BCUT2D eigenvalue weighted by atomic mass is 19.1. The summed E-state index contributed by atoms with van der Waals surface area (Å²) < 4.78 is 39.0. The number of piperazine rings is 1. The highest BCUT2D eigenvalue weighted by Gasteiger charge is 2.37. The van der Waals surface area contributed by atoms with E-state index < -0.39 is 11.7 Å². The zero-order chi connectivity index (χ0) is 33.9. The van der Waals surface area contributed by atoms with Gasteiger partial charge in [-0.1, -0.05) is 12.1 Å². The first-order chi connectivity index (χ1) is 23.0. The van der Waals surface area contributed by atoms with Crippen LogP contribution in [0.5, 0.6) is 5.88 Å². The van der Waals surface area contributed by atoms with Crippen molar-refractivity contribution in [1.82, 2.24) is 20.1 Å². The monoisotopic (exact) mass is 662 g/mol. The molecule has 3 aliphatic rings. The van der Waals surface area contributed by atoms with E-state index in [2.05, 4.69) is 46.2 Å². The molecule has 12 heteroatoms. The SMILES string of the molecule is CC1COc2nc(C(=O)Nc3ccc(F)cc3)c(Cc3ccc(F)cc3)cc2N1C(=O)CN1C[C@@H](C)NC[C@@H]1CN1[C@H](C)COC[C@H]1C. The average molecular weight is 663 g/mol. The van der Waals surface area contributed by atoms with Crippen molar-refractivity contribution in [3.05, 3.63) is 83.1 Å². The van der Waals surface area contributed by atoms with Crippen molar-refractivity contribution >= 4 is 23.2 Å². The van der Waals surface area contributed by atoms with E-state index in [9.17, 15) is 18.4 Å². The molecule has 2 N–H and O–H groups in total. The number of rotatable bonds is 8. The Kier molecular flexibility index (Phi) is 10.4. The van der Waals surface area contributed by atoms with Gasteiger partial charge < -0.3 is 25.0 Å². The number of aromatic nitrogens is 1. The van der Waals surface area contributed by atoms with Crippen molar-refractivity contribution in [2.75, 3.05) is 56.2 Å². The van der Waals surface area contributed by atoms with Gasteiger partial charge >= 0.3 is 0 Å². The van der Waals surface area contributed by atoms with Crippen LogP contribution in [0.4, 0.5) is 20.2 Å². The first kappa shape index (κ1) is 33.9. The van der Waals surface area contributed by atoms with Crippen LogP contribution >= 0.6 is 0 Å². The van der Waals surface area contributed by atoms with Crippen molar-refractivity contribution < 1.29 is 27.8 Å². The predicted molar refractivity (Wildman–Crippen MR) is 180 cm³/mol. The van der Waals surface area contributed by atoms with Crippen molar-refractivity contribution in [1.29, 1.82) is 0 Å². The molecule has 3 aromatic rings. The van der Waals surface area contributed by atoms with Crippen LogP contribution in [-0.4, -0.2) is 103 Å². The summed E-state index contributed by atoms with van der Waals surface area (Å²) in [5, 5.41) is 6.38. The minimum absolute atomic E-state index is 0.0766. The molecule has 0 aliphatic carbocycles. The molecule has 2 fully saturated rings. The van der Waals surface area contributed by atoms with Gasteiger partial charge in [-0.25, -0.2) is 13.8 Å². The lowest BCUT2D eigenvalue weighted by Crippen LogP contribution is -2.63. The van der Waals surface area contributed by atoms with E-state index >= 15 is 0 Å². The molecular formula is C36H44F2N6O4. The first-order valence-electron chi connectivity index (χ1n) is 16.7. The van der Waals surface area contributed by atoms with Gasteiger partial charge in [0.1, 0.15) is 29.6 Å². The van der Waals surface area contributed by atoms with Crippen molar-refractivity contribution in [3.8, 4) is 5.88 Å². The number of anilines is 2. The van der Waals surface area contributed by atoms with Gasteiger partial charge in [0.25, 0.3) is 5.91 Å². The number of morpholine rings is 1. The average Bonchev–Trinajstić information content (AvgIpc) is 3.05. The molecule has 0 spiro atoms. The molecule has 48 heavy (non-hydrogen) atoms. The summed E-state index contributed by atoms with van der Waals surface area (Å²) in [6, 6.07) is 13.9. The summed E-state index contributed by atoms with van der Waals surface area (Å²) in [6.45, 7) is 12.6. The third-order valence-electron chi connectivity index (χ3n) is 9.44. The van der Waals surface area contributed by atoms with Crippen LogP contribution in [-0.2, 0) is 16.0 Å². The van der Waals surface area contributed by atoms with Crippen LogP contribution in [0.3, 0.4) is 0 Å². The fraction of sp³-hybridized carbons (Fsp3) is 0.472. The molecule has 2 aromatic carbocycles. The van der Waals surface area contributed by atoms with Gasteiger partial charge in [-0.2, -0.15) is 0 Å². The third kappa shape index (κ3) is 7.67. The zero-order valence-electron chi connectivity index (χ0n) is 27.9. The molecule has 1 unspecified atom stereocenters. The topological polar surface area (TPSA) is 99.3 Å². The number of halogens is 2. The Labute approximate surface area is 280 Å². The molecular weight excluding hydrogens is 618 g/mol. The van der Waals surface area contributed by atoms with Gasteiger partial charge in [-0.15, -0.1) is 0 Å². The van der Waals surface area contributed by atoms with E-state index in [1.54, 1.807) is 23.1 Å². The van der Waals surface area contributed by atoms with Gasteiger partial charge in [-0.3, -0.25) is 19.4 Å². The number of amides is 2. The first-order valence-corrected chi connectivity index (χ1v) is 16.7. The quantitative estimate of drug-likeness (QED) is 0.373. The highest BCUT2D eigenvalue weighted by Crippen LogP contribution is 2.36. The minimum Gasteiger partial charge on any atom is -0.474 e. The molecule has 0 bridgehead atoms. The summed E-state index contributed by atoms with van der Waals surface area (Å²) in [5.41, 5.74) is 2.30. The number of hydrogen-bond acceptors (Lipinski definition) is 8. The van der Waals surface area contributed by atoms with Gasteiger partial charge in [0, 0.05) is 49.5 Å². The second-order valence-corrected chi connectivity index (χ2v) is 13.3. The number of nitrogens with zero attached hydrogens (tertiary/aromatic N) is 4. The van der Waals surface area contributed by atoms with Crippen LogP contribution in [0.15, 0.2) is 54.6 Å². The van der Waals surface area contributed by atoms with Gasteiger partial charge in [-0.05, 0) is 87.7 Å². The van der Waals surface area contributed by atoms with Crippen LogP contribution in [0.1, 0.15) is 49.3 Å². The maximum absolute atomic E-state index is 14.3. The summed E-state index contributed by atoms with van der Waals surface area (Å²) in [7, 11) is 0. The molecule has 256 valence electrons. The molecule has 10 nitrogen and oxygen atoms in total. The Bertz CT molecular complexity index is 1600. The zero-order valence-corrected chi connectivity index (χ0v) is 27.9. The van der Waals surface area contributed by atoms with E-state index in [0.717, 1.165) is 25.2 Å². The molecule has 0 saturated carbocycles. The molecule has 2 saturated heterocycles. The second kappa shape index (κ2) is 14.7. The number of pyridine rings is 1. The number of fused-ring (bicyclic) bond motifs is 1. The minimum atomic E-state index is -0.508. The molecule has 6 rings (SSSR count). The Morgan fingerprint density at radius 2 is 1.60 bits per heavy atom. The van der Waals surface area contributed by atoms with Crippen LogP contribution in [0.2, 0.25) is 0 Å². The molecule has 5 atom stereocenters.